The number of rotatable bonds is 13. The Labute approximate surface area is 265 Å². The van der Waals surface area contributed by atoms with Crippen molar-refractivity contribution in [1.82, 2.24) is 10.6 Å². The average molecular weight is 644 g/mol. The Morgan fingerprint density at radius 1 is 0.739 bits per heavy atom. The van der Waals surface area contributed by atoms with Crippen molar-refractivity contribution in [3.8, 4) is 0 Å². The molecule has 4 aromatic carbocycles. The minimum atomic E-state index is -3.78. The Kier molecular flexibility index (Phi) is 11.2. The fourth-order valence-corrected chi connectivity index (χ4v) is 6.77. The molecule has 0 fully saturated rings. The predicted molar refractivity (Wildman–Crippen MR) is 174 cm³/mol. The molecule has 0 radical (unpaired) electrons. The molecule has 0 heterocycles. The van der Waals surface area contributed by atoms with E-state index in [9.17, 15) is 33.6 Å². The van der Waals surface area contributed by atoms with Crippen molar-refractivity contribution in [2.75, 3.05) is 11.9 Å². The molecule has 0 saturated carbocycles. The Morgan fingerprint density at radius 3 is 1.89 bits per heavy atom. The lowest BCUT2D eigenvalue weighted by Crippen LogP contribution is -2.56. The predicted octanol–water partition coefficient (Wildman–Crippen LogP) is 3.39. The lowest BCUT2D eigenvalue weighted by atomic mass is 10.0. The summed E-state index contributed by atoms with van der Waals surface area (Å²) in [7, 11) is -3.78. The zero-order valence-corrected chi connectivity index (χ0v) is 26.1. The smallest absolute Gasteiger partial charge is 0.313 e. The van der Waals surface area contributed by atoms with Crippen molar-refractivity contribution in [3.63, 3.8) is 0 Å². The van der Waals surface area contributed by atoms with Gasteiger partial charge in [0.15, 0.2) is 5.78 Å². The van der Waals surface area contributed by atoms with Crippen molar-refractivity contribution in [1.29, 1.82) is 0 Å². The molecule has 0 bridgehead atoms. The Bertz CT molecular complexity index is 1730. The van der Waals surface area contributed by atoms with Crippen LogP contribution in [0.3, 0.4) is 0 Å². The molecule has 0 saturated heterocycles. The van der Waals surface area contributed by atoms with Gasteiger partial charge in [0.1, 0.15) is 18.7 Å². The molecule has 4 aromatic rings. The third-order valence-corrected chi connectivity index (χ3v) is 9.59. The van der Waals surface area contributed by atoms with Gasteiger partial charge in [-0.2, -0.15) is 0 Å². The number of hydrogen-bond acceptors (Lipinski definition) is 7. The number of carbonyl (C=O) groups is 5. The third kappa shape index (κ3) is 8.32. The SMILES string of the molecule is CC(C)[C@H](NC(=O)C(=O)Nc1cccc2ccccc12)C(=O)N[C@@H](CC(=O)O)C(=O)COP(=O)(c1ccccc1)c1ccccc1. The molecule has 4 N–H and O–H groups in total. The fraction of sp³-hybridized carbons (Fsp3) is 0.206. The van der Waals surface area contributed by atoms with E-state index in [1.807, 2.05) is 18.2 Å². The first-order chi connectivity index (χ1) is 22.0. The first-order valence-electron chi connectivity index (χ1n) is 14.5. The highest BCUT2D eigenvalue weighted by Crippen LogP contribution is 2.44. The molecule has 4 rings (SSSR count). The molecule has 0 aliphatic heterocycles. The van der Waals surface area contributed by atoms with Crippen LogP contribution in [0.25, 0.3) is 10.8 Å². The Balaban J connectivity index is 1.46. The summed E-state index contributed by atoms with van der Waals surface area (Å²) in [4.78, 5) is 63.9. The maximum Gasteiger partial charge on any atom is 0.313 e. The summed E-state index contributed by atoms with van der Waals surface area (Å²) in [6.45, 7) is 2.45. The van der Waals surface area contributed by atoms with Crippen LogP contribution in [0, 0.1) is 5.92 Å². The maximum atomic E-state index is 14.1. The van der Waals surface area contributed by atoms with Gasteiger partial charge in [0.05, 0.1) is 6.42 Å². The molecular weight excluding hydrogens is 609 g/mol. The topological polar surface area (TPSA) is 168 Å². The summed E-state index contributed by atoms with van der Waals surface area (Å²) in [5.41, 5.74) is 0.402. The van der Waals surface area contributed by atoms with Crippen molar-refractivity contribution in [3.05, 3.63) is 103 Å². The van der Waals surface area contributed by atoms with E-state index in [1.165, 1.54) is 0 Å². The van der Waals surface area contributed by atoms with E-state index in [-0.39, 0.29) is 0 Å². The summed E-state index contributed by atoms with van der Waals surface area (Å²) in [6, 6.07) is 26.2. The fourth-order valence-electron chi connectivity index (χ4n) is 4.74. The van der Waals surface area contributed by atoms with Gasteiger partial charge in [-0.1, -0.05) is 86.6 Å². The molecule has 11 nitrogen and oxygen atoms in total. The monoisotopic (exact) mass is 643 g/mol. The van der Waals surface area contributed by atoms with Gasteiger partial charge in [-0.25, -0.2) is 0 Å². The van der Waals surface area contributed by atoms with E-state index in [2.05, 4.69) is 16.0 Å². The zero-order chi connectivity index (χ0) is 33.3. The molecule has 0 unspecified atom stereocenters. The van der Waals surface area contributed by atoms with E-state index in [4.69, 9.17) is 4.52 Å². The molecule has 0 aromatic heterocycles. The molecule has 2 atom stereocenters. The number of fused-ring (bicyclic) bond motifs is 1. The quantitative estimate of drug-likeness (QED) is 0.127. The highest BCUT2D eigenvalue weighted by atomic mass is 31.2. The number of carbonyl (C=O) groups excluding carboxylic acids is 4. The highest BCUT2D eigenvalue weighted by molar-refractivity contribution is 7.74. The van der Waals surface area contributed by atoms with E-state index in [0.717, 1.165) is 5.39 Å². The molecule has 238 valence electrons. The van der Waals surface area contributed by atoms with Crippen molar-refractivity contribution >= 4 is 63.9 Å². The molecule has 0 aliphatic carbocycles. The number of Topliss-reactive ketones (excluding diaryl/α,β-unsaturated/α-hetero) is 1. The molecule has 0 spiro atoms. The highest BCUT2D eigenvalue weighted by Gasteiger charge is 2.34. The minimum Gasteiger partial charge on any atom is -0.481 e. The van der Waals surface area contributed by atoms with E-state index in [1.54, 1.807) is 98.8 Å². The van der Waals surface area contributed by atoms with Crippen LogP contribution in [0.15, 0.2) is 103 Å². The van der Waals surface area contributed by atoms with E-state index in [0.29, 0.717) is 21.7 Å². The largest absolute Gasteiger partial charge is 0.481 e. The van der Waals surface area contributed by atoms with Crippen LogP contribution in [0.5, 0.6) is 0 Å². The molecule has 46 heavy (non-hydrogen) atoms. The van der Waals surface area contributed by atoms with Gasteiger partial charge < -0.3 is 25.6 Å². The van der Waals surface area contributed by atoms with Crippen molar-refractivity contribution < 1.29 is 38.2 Å². The minimum absolute atomic E-state index is 0.331. The number of hydrogen-bond donors (Lipinski definition) is 4. The number of carboxylic acid groups (broad SMARTS) is 1. The van der Waals surface area contributed by atoms with Gasteiger partial charge in [-0.15, -0.1) is 0 Å². The lowest BCUT2D eigenvalue weighted by Gasteiger charge is -2.25. The van der Waals surface area contributed by atoms with Crippen molar-refractivity contribution in [2.24, 2.45) is 5.92 Å². The number of benzene rings is 4. The first kappa shape index (κ1) is 33.8. The van der Waals surface area contributed by atoms with Crippen LogP contribution in [-0.2, 0) is 33.1 Å². The van der Waals surface area contributed by atoms with Crippen LogP contribution in [0.4, 0.5) is 5.69 Å². The second-order valence-corrected chi connectivity index (χ2v) is 13.2. The molecule has 0 aliphatic rings. The van der Waals surface area contributed by atoms with Gasteiger partial charge in [-0.05, 0) is 41.6 Å². The summed E-state index contributed by atoms with van der Waals surface area (Å²) < 4.78 is 19.8. The van der Waals surface area contributed by atoms with Crippen LogP contribution in [-0.4, -0.2) is 53.3 Å². The van der Waals surface area contributed by atoms with Crippen LogP contribution < -0.4 is 26.6 Å². The number of aliphatic carboxylic acids is 1. The number of anilines is 1. The van der Waals surface area contributed by atoms with Gasteiger partial charge in [0.2, 0.25) is 5.91 Å². The third-order valence-electron chi connectivity index (χ3n) is 7.14. The molecule has 12 heteroatoms. The standard InChI is InChI=1S/C34H34N3O8P/c1-22(2)31(37-34(43)33(42)35-27-19-11-13-23-12-9-10-18-26(23)27)32(41)36-28(20-30(39)40)29(38)21-45-46(44,24-14-5-3-6-15-24)25-16-7-4-8-17-25/h3-19,22,28,31H,20-21H2,1-2H3,(H,35,42)(H,36,41)(H,37,43)(H,39,40)/t28-,31-/m0/s1. The van der Waals surface area contributed by atoms with Crippen LogP contribution >= 0.6 is 7.37 Å². The van der Waals surface area contributed by atoms with Crippen molar-refractivity contribution in [2.45, 2.75) is 32.4 Å². The lowest BCUT2D eigenvalue weighted by molar-refractivity contribution is -0.141. The normalized spacial score (nSPS) is 12.6. The molecular formula is C34H34N3O8P. The average Bonchev–Trinajstić information content (AvgIpc) is 3.06. The van der Waals surface area contributed by atoms with E-state index >= 15 is 0 Å². The van der Waals surface area contributed by atoms with Crippen LogP contribution in [0.2, 0.25) is 0 Å². The summed E-state index contributed by atoms with van der Waals surface area (Å²) in [5.74, 6) is -5.77. The van der Waals surface area contributed by atoms with Gasteiger partial charge in [-0.3, -0.25) is 28.5 Å². The number of ketones is 1. The summed E-state index contributed by atoms with van der Waals surface area (Å²) in [6.07, 6.45) is -0.796. The van der Waals surface area contributed by atoms with Gasteiger partial charge >= 0.3 is 17.8 Å². The number of carboxylic acids is 1. The summed E-state index contributed by atoms with van der Waals surface area (Å²) >= 11 is 0. The zero-order valence-electron chi connectivity index (χ0n) is 25.2. The Morgan fingerprint density at radius 2 is 1.30 bits per heavy atom. The second-order valence-electron chi connectivity index (χ2n) is 10.8. The van der Waals surface area contributed by atoms with Crippen LogP contribution in [0.1, 0.15) is 20.3 Å². The number of amides is 3. The number of nitrogens with one attached hydrogen (secondary N) is 3. The van der Waals surface area contributed by atoms with Gasteiger partial charge in [0.25, 0.3) is 7.37 Å². The molecule has 3 amide bonds. The maximum absolute atomic E-state index is 14.1. The Hall–Kier alpha value is -5.12. The summed E-state index contributed by atoms with van der Waals surface area (Å²) in [5, 5.41) is 19.0. The second kappa shape index (κ2) is 15.2. The first-order valence-corrected chi connectivity index (χ1v) is 16.1. The van der Waals surface area contributed by atoms with E-state index < -0.39 is 67.9 Å². The van der Waals surface area contributed by atoms with Gasteiger partial charge in [0, 0.05) is 21.7 Å².